The number of anilines is 1. The number of nitrogens with one attached hydrogen (secondary N) is 2. The maximum Gasteiger partial charge on any atom is 0.262 e. The van der Waals surface area contributed by atoms with Crippen molar-refractivity contribution in [2.24, 2.45) is 0 Å². The second kappa shape index (κ2) is 7.44. The van der Waals surface area contributed by atoms with Gasteiger partial charge < -0.3 is 25.0 Å². The second-order valence-corrected chi connectivity index (χ2v) is 8.49. The van der Waals surface area contributed by atoms with E-state index in [0.717, 1.165) is 27.8 Å². The zero-order valence-electron chi connectivity index (χ0n) is 16.6. The van der Waals surface area contributed by atoms with Crippen LogP contribution >= 0.6 is 23.2 Å². The van der Waals surface area contributed by atoms with Crippen LogP contribution in [0.25, 0.3) is 22.0 Å². The number of H-pyrrole nitrogens is 1. The number of fused-ring (bicyclic) bond motifs is 4. The molecule has 1 atom stereocenters. The van der Waals surface area contributed by atoms with Gasteiger partial charge in [-0.05, 0) is 36.2 Å². The molecule has 1 aromatic heterocycles. The van der Waals surface area contributed by atoms with Gasteiger partial charge >= 0.3 is 0 Å². The molecule has 0 fully saturated rings. The minimum absolute atomic E-state index is 0.0396. The van der Waals surface area contributed by atoms with E-state index in [9.17, 15) is 14.7 Å². The van der Waals surface area contributed by atoms with Crippen LogP contribution in [0.1, 0.15) is 24.2 Å². The van der Waals surface area contributed by atoms with Crippen molar-refractivity contribution in [3.8, 4) is 16.9 Å². The predicted molar refractivity (Wildman–Crippen MR) is 119 cm³/mol. The van der Waals surface area contributed by atoms with Gasteiger partial charge in [0.05, 0.1) is 27.3 Å². The lowest BCUT2D eigenvalue weighted by Gasteiger charge is -2.33. The third kappa shape index (κ3) is 3.15. The van der Waals surface area contributed by atoms with Crippen molar-refractivity contribution in [2.75, 3.05) is 25.1 Å². The fourth-order valence-corrected chi connectivity index (χ4v) is 4.93. The number of aromatic nitrogens is 1. The summed E-state index contributed by atoms with van der Waals surface area (Å²) in [4.78, 5) is 28.9. The van der Waals surface area contributed by atoms with Crippen LogP contribution in [0.4, 0.5) is 5.69 Å². The average Bonchev–Trinajstić information content (AvgIpc) is 3.16. The van der Waals surface area contributed by atoms with Crippen LogP contribution in [-0.4, -0.2) is 46.6 Å². The summed E-state index contributed by atoms with van der Waals surface area (Å²) < 4.78 is 5.58. The van der Waals surface area contributed by atoms with Crippen molar-refractivity contribution in [1.29, 1.82) is 0 Å². The fourth-order valence-electron chi connectivity index (χ4n) is 4.53. The van der Waals surface area contributed by atoms with E-state index in [2.05, 4.69) is 10.3 Å². The number of aliphatic hydroxyl groups excluding tert-OH is 1. The first-order valence-electron chi connectivity index (χ1n) is 9.89. The molecule has 0 spiro atoms. The van der Waals surface area contributed by atoms with Crippen molar-refractivity contribution in [3.63, 3.8) is 0 Å². The molecule has 2 aromatic carbocycles. The zero-order valence-corrected chi connectivity index (χ0v) is 18.1. The SMILES string of the molecule is C[C@H]1c2c([nH]c3c(Cl)c(Cl)cc(-c4ccc5c(c4)OCC(=O)N5)c23)CCN1C(=O)CO. The molecule has 0 radical (unpaired) electrons. The van der Waals surface area contributed by atoms with Gasteiger partial charge in [-0.25, -0.2) is 0 Å². The molecule has 3 heterocycles. The third-order valence-electron chi connectivity index (χ3n) is 5.96. The van der Waals surface area contributed by atoms with Crippen LogP contribution in [0.2, 0.25) is 10.0 Å². The zero-order chi connectivity index (χ0) is 21.9. The van der Waals surface area contributed by atoms with Gasteiger partial charge in [-0.3, -0.25) is 9.59 Å². The van der Waals surface area contributed by atoms with Crippen molar-refractivity contribution >= 4 is 51.6 Å². The van der Waals surface area contributed by atoms with E-state index < -0.39 is 6.61 Å². The quantitative estimate of drug-likeness (QED) is 0.541. The molecule has 0 saturated carbocycles. The molecule has 0 unspecified atom stereocenters. The van der Waals surface area contributed by atoms with E-state index >= 15 is 0 Å². The van der Waals surface area contributed by atoms with Crippen LogP contribution in [0.5, 0.6) is 5.75 Å². The summed E-state index contributed by atoms with van der Waals surface area (Å²) in [5.74, 6) is 0.0669. The van der Waals surface area contributed by atoms with Crippen molar-refractivity contribution in [3.05, 3.63) is 45.6 Å². The van der Waals surface area contributed by atoms with Gasteiger partial charge in [0, 0.05) is 29.6 Å². The standard InChI is InChI=1S/C22H19Cl2N3O4/c1-10-19-15(4-5-27(10)18(30)8-28)26-22-20(19)12(7-13(23)21(22)24)11-2-3-14-16(6-11)31-9-17(29)25-14/h2-3,6-7,10,26,28H,4-5,8-9H2,1H3,(H,25,29)/t10-/m0/s1. The van der Waals surface area contributed by atoms with Crippen LogP contribution in [0.15, 0.2) is 24.3 Å². The lowest BCUT2D eigenvalue weighted by molar-refractivity contribution is -0.136. The fraction of sp³-hybridized carbons (Fsp3) is 0.273. The summed E-state index contributed by atoms with van der Waals surface area (Å²) in [6.07, 6.45) is 0.618. The van der Waals surface area contributed by atoms with E-state index in [0.29, 0.717) is 40.0 Å². The molecule has 3 N–H and O–H groups in total. The molecule has 160 valence electrons. The Morgan fingerprint density at radius 2 is 2.13 bits per heavy atom. The first-order valence-corrected chi connectivity index (χ1v) is 10.6. The first kappa shape index (κ1) is 20.2. The molecule has 2 amide bonds. The molecule has 9 heteroatoms. The molecule has 0 aliphatic carbocycles. The number of rotatable bonds is 2. The molecular weight excluding hydrogens is 441 g/mol. The molecule has 0 saturated heterocycles. The topological polar surface area (TPSA) is 94.7 Å². The summed E-state index contributed by atoms with van der Waals surface area (Å²) in [5, 5.41) is 13.9. The van der Waals surface area contributed by atoms with Crippen LogP contribution in [-0.2, 0) is 16.0 Å². The van der Waals surface area contributed by atoms with Crippen molar-refractivity contribution in [1.82, 2.24) is 9.88 Å². The highest BCUT2D eigenvalue weighted by atomic mass is 35.5. The Labute approximate surface area is 187 Å². The number of nitrogens with zero attached hydrogens (tertiary/aromatic N) is 1. The lowest BCUT2D eigenvalue weighted by atomic mass is 9.92. The van der Waals surface area contributed by atoms with E-state index in [-0.39, 0.29) is 24.5 Å². The molecule has 5 rings (SSSR count). The number of carbonyl (C=O) groups is 2. The number of ether oxygens (including phenoxy) is 1. The second-order valence-electron chi connectivity index (χ2n) is 7.71. The van der Waals surface area contributed by atoms with Crippen LogP contribution in [0, 0.1) is 0 Å². The van der Waals surface area contributed by atoms with E-state index in [1.807, 2.05) is 25.1 Å². The van der Waals surface area contributed by atoms with Crippen molar-refractivity contribution in [2.45, 2.75) is 19.4 Å². The van der Waals surface area contributed by atoms with Gasteiger partial charge in [0.25, 0.3) is 5.91 Å². The Hall–Kier alpha value is -2.74. The maximum atomic E-state index is 12.3. The molecule has 7 nitrogen and oxygen atoms in total. The van der Waals surface area contributed by atoms with E-state index in [4.69, 9.17) is 27.9 Å². The average molecular weight is 460 g/mol. The summed E-state index contributed by atoms with van der Waals surface area (Å²) in [7, 11) is 0. The molecule has 3 aromatic rings. The first-order chi connectivity index (χ1) is 14.9. The summed E-state index contributed by atoms with van der Waals surface area (Å²) in [5.41, 5.74) is 4.97. The normalized spacial score (nSPS) is 17.7. The maximum absolute atomic E-state index is 12.3. The van der Waals surface area contributed by atoms with Gasteiger partial charge in [-0.1, -0.05) is 29.3 Å². The van der Waals surface area contributed by atoms with Crippen LogP contribution < -0.4 is 10.1 Å². The number of amides is 2. The van der Waals surface area contributed by atoms with E-state index in [1.54, 1.807) is 11.0 Å². The van der Waals surface area contributed by atoms with Crippen LogP contribution in [0.3, 0.4) is 0 Å². The Morgan fingerprint density at radius 1 is 1.32 bits per heavy atom. The summed E-state index contributed by atoms with van der Waals surface area (Å²) in [6, 6.07) is 7.10. The minimum atomic E-state index is -0.532. The van der Waals surface area contributed by atoms with Gasteiger partial charge in [-0.15, -0.1) is 0 Å². The lowest BCUT2D eigenvalue weighted by Crippen LogP contribution is -2.40. The Kier molecular flexibility index (Phi) is 4.84. The monoisotopic (exact) mass is 459 g/mol. The molecule has 2 aliphatic heterocycles. The van der Waals surface area contributed by atoms with Gasteiger partial charge in [-0.2, -0.15) is 0 Å². The van der Waals surface area contributed by atoms with Crippen molar-refractivity contribution < 1.29 is 19.4 Å². The number of halogens is 2. The molecular formula is C22H19Cl2N3O4. The Morgan fingerprint density at radius 3 is 2.90 bits per heavy atom. The number of carbonyl (C=O) groups excluding carboxylic acids is 2. The predicted octanol–water partition coefficient (Wildman–Crippen LogP) is 3.91. The Bertz CT molecular complexity index is 1250. The minimum Gasteiger partial charge on any atom is -0.482 e. The summed E-state index contributed by atoms with van der Waals surface area (Å²) in [6.45, 7) is 1.88. The highest BCUT2D eigenvalue weighted by Gasteiger charge is 2.32. The van der Waals surface area contributed by atoms with Gasteiger partial charge in [0.1, 0.15) is 12.4 Å². The third-order valence-corrected chi connectivity index (χ3v) is 6.75. The molecule has 31 heavy (non-hydrogen) atoms. The Balaban J connectivity index is 1.73. The van der Waals surface area contributed by atoms with Gasteiger partial charge in [0.2, 0.25) is 5.91 Å². The highest BCUT2D eigenvalue weighted by molar-refractivity contribution is 6.45. The van der Waals surface area contributed by atoms with E-state index in [1.165, 1.54) is 0 Å². The molecule has 0 bridgehead atoms. The largest absolute Gasteiger partial charge is 0.482 e. The highest BCUT2D eigenvalue weighted by Crippen LogP contribution is 2.46. The number of hydrogen-bond donors (Lipinski definition) is 3. The number of hydrogen-bond acceptors (Lipinski definition) is 4. The smallest absolute Gasteiger partial charge is 0.262 e. The van der Waals surface area contributed by atoms with Gasteiger partial charge in [0.15, 0.2) is 6.61 Å². The number of aliphatic hydroxyl groups is 1. The number of benzene rings is 2. The molecule has 2 aliphatic rings. The summed E-state index contributed by atoms with van der Waals surface area (Å²) >= 11 is 13.0. The number of aromatic amines is 1.